The van der Waals surface area contributed by atoms with E-state index in [0.29, 0.717) is 0 Å². The summed E-state index contributed by atoms with van der Waals surface area (Å²) in [7, 11) is 0. The van der Waals surface area contributed by atoms with E-state index in [2.05, 4.69) is 24.9 Å². The summed E-state index contributed by atoms with van der Waals surface area (Å²) < 4.78 is 13.6. The van der Waals surface area contributed by atoms with Crippen LogP contribution in [0, 0.1) is 5.82 Å². The van der Waals surface area contributed by atoms with Gasteiger partial charge in [0, 0.05) is 22.7 Å². The molecule has 1 aliphatic heterocycles. The monoisotopic (exact) mass is 304 g/mol. The molecule has 0 spiro atoms. The van der Waals surface area contributed by atoms with Crippen LogP contribution in [0.4, 0.5) is 4.39 Å². The highest BCUT2D eigenvalue weighted by Crippen LogP contribution is 2.30. The molecule has 0 atom stereocenters. The number of halogens is 1. The molecule has 4 rings (SSSR count). The van der Waals surface area contributed by atoms with E-state index in [0.717, 1.165) is 39.7 Å². The topological polar surface area (TPSA) is 25.2 Å². The van der Waals surface area contributed by atoms with Gasteiger partial charge in [0.15, 0.2) is 0 Å². The fourth-order valence-electron chi connectivity index (χ4n) is 3.23. The zero-order chi connectivity index (χ0) is 16.0. The summed E-state index contributed by atoms with van der Waals surface area (Å²) >= 11 is 0. The zero-order valence-corrected chi connectivity index (χ0v) is 13.2. The lowest BCUT2D eigenvalue weighted by molar-refractivity contribution is 0.510. The summed E-state index contributed by atoms with van der Waals surface area (Å²) in [6.07, 6.45) is 2.60. The minimum absolute atomic E-state index is 0.197. The van der Waals surface area contributed by atoms with Crippen LogP contribution in [0.1, 0.15) is 30.5 Å². The smallest absolute Gasteiger partial charge is 0.123 e. The Labute approximate surface area is 134 Å². The Hall–Kier alpha value is -2.55. The van der Waals surface area contributed by atoms with Crippen LogP contribution < -0.4 is 0 Å². The molecule has 2 nitrogen and oxygen atoms in total. The first kappa shape index (κ1) is 14.1. The van der Waals surface area contributed by atoms with Crippen LogP contribution in [0.2, 0.25) is 0 Å². The van der Waals surface area contributed by atoms with Crippen molar-refractivity contribution < 1.29 is 4.39 Å². The summed E-state index contributed by atoms with van der Waals surface area (Å²) in [6.45, 7) is 4.16. The number of hydrogen-bond acceptors (Lipinski definition) is 2. The number of para-hydroxylation sites is 1. The first-order chi connectivity index (χ1) is 11.0. The highest BCUT2D eigenvalue weighted by Gasteiger charge is 2.27. The molecule has 0 bridgehead atoms. The molecule has 0 aliphatic carbocycles. The Kier molecular flexibility index (Phi) is 3.05. The highest BCUT2D eigenvalue weighted by molar-refractivity contribution is 6.15. The zero-order valence-electron chi connectivity index (χ0n) is 13.2. The first-order valence-electron chi connectivity index (χ1n) is 7.76. The maximum atomic E-state index is 13.6. The predicted octanol–water partition coefficient (Wildman–Crippen LogP) is 4.55. The molecule has 0 saturated heterocycles. The van der Waals surface area contributed by atoms with Gasteiger partial charge in [0.1, 0.15) is 5.82 Å². The van der Waals surface area contributed by atoms with Gasteiger partial charge in [0.2, 0.25) is 0 Å². The second-order valence-electron chi connectivity index (χ2n) is 6.67. The summed E-state index contributed by atoms with van der Waals surface area (Å²) in [5.41, 5.74) is 4.60. The Morgan fingerprint density at radius 1 is 1.04 bits per heavy atom. The molecule has 1 aromatic heterocycles. The SMILES string of the molecule is CC1(C)Cc2cc(F)ccc2C(c2cnc3ccccc3c2)=N1. The van der Waals surface area contributed by atoms with Crippen LogP contribution >= 0.6 is 0 Å². The van der Waals surface area contributed by atoms with Gasteiger partial charge in [-0.1, -0.05) is 18.2 Å². The molecule has 2 aromatic carbocycles. The van der Waals surface area contributed by atoms with Gasteiger partial charge in [0.25, 0.3) is 0 Å². The van der Waals surface area contributed by atoms with E-state index in [1.54, 1.807) is 6.07 Å². The minimum Gasteiger partial charge on any atom is -0.278 e. The molecule has 0 saturated carbocycles. The normalized spacial score (nSPS) is 16.0. The maximum absolute atomic E-state index is 13.6. The number of pyridine rings is 1. The average Bonchev–Trinajstić information content (AvgIpc) is 2.52. The second-order valence-corrected chi connectivity index (χ2v) is 6.67. The second kappa shape index (κ2) is 4.98. The lowest BCUT2D eigenvalue weighted by atomic mass is 9.85. The van der Waals surface area contributed by atoms with Crippen molar-refractivity contribution >= 4 is 16.6 Å². The average molecular weight is 304 g/mol. The summed E-state index contributed by atoms with van der Waals surface area (Å²) in [5, 5.41) is 1.08. The minimum atomic E-state index is -0.248. The van der Waals surface area contributed by atoms with Crippen molar-refractivity contribution in [1.29, 1.82) is 0 Å². The van der Waals surface area contributed by atoms with Gasteiger partial charge in [-0.2, -0.15) is 0 Å². The van der Waals surface area contributed by atoms with Crippen molar-refractivity contribution in [3.63, 3.8) is 0 Å². The summed E-state index contributed by atoms with van der Waals surface area (Å²) in [6, 6.07) is 15.1. The lowest BCUT2D eigenvalue weighted by Crippen LogP contribution is -2.29. The maximum Gasteiger partial charge on any atom is 0.123 e. The van der Waals surface area contributed by atoms with E-state index in [4.69, 9.17) is 4.99 Å². The van der Waals surface area contributed by atoms with Crippen LogP contribution in [0.3, 0.4) is 0 Å². The Morgan fingerprint density at radius 3 is 2.74 bits per heavy atom. The molecule has 114 valence electrons. The number of hydrogen-bond donors (Lipinski definition) is 0. The van der Waals surface area contributed by atoms with E-state index >= 15 is 0 Å². The highest BCUT2D eigenvalue weighted by atomic mass is 19.1. The van der Waals surface area contributed by atoms with Crippen LogP contribution in [0.5, 0.6) is 0 Å². The molecule has 3 heteroatoms. The van der Waals surface area contributed by atoms with Gasteiger partial charge in [0.05, 0.1) is 16.8 Å². The van der Waals surface area contributed by atoms with Crippen LogP contribution in [0.15, 0.2) is 59.7 Å². The summed E-state index contributed by atoms with van der Waals surface area (Å²) in [4.78, 5) is 9.46. The van der Waals surface area contributed by atoms with E-state index < -0.39 is 0 Å². The number of fused-ring (bicyclic) bond motifs is 2. The van der Waals surface area contributed by atoms with Crippen LogP contribution in [0.25, 0.3) is 10.9 Å². The molecule has 0 amide bonds. The van der Waals surface area contributed by atoms with E-state index in [1.165, 1.54) is 6.07 Å². The molecule has 3 aromatic rings. The number of aliphatic imine (C=N–C) groups is 1. The Bertz CT molecular complexity index is 941. The number of rotatable bonds is 1. The van der Waals surface area contributed by atoms with Crippen molar-refractivity contribution in [1.82, 2.24) is 4.98 Å². The fourth-order valence-corrected chi connectivity index (χ4v) is 3.23. The Balaban J connectivity index is 1.93. The number of benzene rings is 2. The molecule has 0 unspecified atom stereocenters. The van der Waals surface area contributed by atoms with Crippen molar-refractivity contribution in [3.05, 3.63) is 77.2 Å². The van der Waals surface area contributed by atoms with E-state index in [-0.39, 0.29) is 11.4 Å². The van der Waals surface area contributed by atoms with Crippen LogP contribution in [-0.4, -0.2) is 16.2 Å². The van der Waals surface area contributed by atoms with Crippen LogP contribution in [-0.2, 0) is 6.42 Å². The quantitative estimate of drug-likeness (QED) is 0.647. The fraction of sp³-hybridized carbons (Fsp3) is 0.200. The van der Waals surface area contributed by atoms with Gasteiger partial charge >= 0.3 is 0 Å². The molecule has 23 heavy (non-hydrogen) atoms. The van der Waals surface area contributed by atoms with Gasteiger partial charge < -0.3 is 0 Å². The molecular formula is C20H17FN2. The number of nitrogens with zero attached hydrogens (tertiary/aromatic N) is 2. The van der Waals surface area contributed by atoms with Crippen molar-refractivity contribution in [3.8, 4) is 0 Å². The van der Waals surface area contributed by atoms with E-state index in [9.17, 15) is 4.39 Å². The first-order valence-corrected chi connectivity index (χ1v) is 7.76. The van der Waals surface area contributed by atoms with Gasteiger partial charge in [-0.15, -0.1) is 0 Å². The molecular weight excluding hydrogens is 287 g/mol. The molecule has 2 heterocycles. The van der Waals surface area contributed by atoms with Gasteiger partial charge in [-0.25, -0.2) is 4.39 Å². The van der Waals surface area contributed by atoms with E-state index in [1.807, 2.05) is 36.5 Å². The summed E-state index contributed by atoms with van der Waals surface area (Å²) in [5.74, 6) is -0.197. The third-order valence-electron chi connectivity index (χ3n) is 4.22. The molecule has 0 fully saturated rings. The predicted molar refractivity (Wildman–Crippen MR) is 91.6 cm³/mol. The molecule has 0 N–H and O–H groups in total. The van der Waals surface area contributed by atoms with Crippen molar-refractivity contribution in [2.24, 2.45) is 4.99 Å². The number of aromatic nitrogens is 1. The van der Waals surface area contributed by atoms with Crippen molar-refractivity contribution in [2.75, 3.05) is 0 Å². The van der Waals surface area contributed by atoms with Gasteiger partial charge in [-0.3, -0.25) is 9.98 Å². The molecule has 0 radical (unpaired) electrons. The third kappa shape index (κ3) is 2.52. The van der Waals surface area contributed by atoms with Crippen molar-refractivity contribution in [2.45, 2.75) is 25.8 Å². The van der Waals surface area contributed by atoms with Gasteiger partial charge in [-0.05, 0) is 56.2 Å². The standard InChI is InChI=1S/C20H17FN2/c1-20(2)11-14-10-16(21)7-8-17(14)19(23-20)15-9-13-5-3-4-6-18(13)22-12-15/h3-10,12H,11H2,1-2H3. The largest absolute Gasteiger partial charge is 0.278 e. The lowest BCUT2D eigenvalue weighted by Gasteiger charge is -2.29. The molecule has 1 aliphatic rings. The Morgan fingerprint density at radius 2 is 1.87 bits per heavy atom. The third-order valence-corrected chi connectivity index (χ3v) is 4.22.